The Morgan fingerprint density at radius 2 is 1.88 bits per heavy atom. The van der Waals surface area contributed by atoms with E-state index in [-0.39, 0.29) is 11.7 Å². The zero-order valence-electron chi connectivity index (χ0n) is 20.0. The molecule has 5 heteroatoms. The lowest BCUT2D eigenvalue weighted by molar-refractivity contribution is -0.237. The summed E-state index contributed by atoms with van der Waals surface area (Å²) in [5, 5.41) is 0. The van der Waals surface area contributed by atoms with Crippen molar-refractivity contribution in [2.24, 2.45) is 5.92 Å². The first-order valence-corrected chi connectivity index (χ1v) is 11.6. The topological polar surface area (TPSA) is 54.0 Å². The van der Waals surface area contributed by atoms with Gasteiger partial charge in [-0.2, -0.15) is 0 Å². The van der Waals surface area contributed by atoms with Gasteiger partial charge in [0.05, 0.1) is 6.61 Å². The molecule has 1 aliphatic carbocycles. The van der Waals surface area contributed by atoms with Crippen molar-refractivity contribution >= 4 is 5.78 Å². The third kappa shape index (κ3) is 4.49. The summed E-state index contributed by atoms with van der Waals surface area (Å²) >= 11 is 0. The lowest BCUT2D eigenvalue weighted by Crippen LogP contribution is -2.55. The maximum Gasteiger partial charge on any atom is 0.191 e. The molecule has 0 radical (unpaired) electrons. The highest BCUT2D eigenvalue weighted by atomic mass is 16.8. The average molecular weight is 441 g/mol. The first-order chi connectivity index (χ1) is 15.1. The van der Waals surface area contributed by atoms with Crippen LogP contribution in [0.25, 0.3) is 0 Å². The standard InChI is InChI=1S/C27H36O5/c1-17(2)15-27(29-16-20-10-8-7-9-11-20)23(30-25-24(27)31-26(5,6)32-25)22(28)21-13-12-18(3)19(4)14-21/h7-11,21,23-25H,1,12-16H2,2-6H3/t21-,23-,24+,25-,27-/m1/s1. The van der Waals surface area contributed by atoms with Gasteiger partial charge in [-0.3, -0.25) is 4.79 Å². The number of allylic oxidation sites excluding steroid dienone is 2. The number of rotatable bonds is 7. The smallest absolute Gasteiger partial charge is 0.191 e. The molecule has 4 rings (SSSR count). The van der Waals surface area contributed by atoms with Crippen LogP contribution in [0.1, 0.15) is 65.9 Å². The van der Waals surface area contributed by atoms with E-state index in [4.69, 9.17) is 18.9 Å². The molecule has 0 aromatic heterocycles. The van der Waals surface area contributed by atoms with E-state index in [1.165, 1.54) is 11.1 Å². The van der Waals surface area contributed by atoms with E-state index in [2.05, 4.69) is 20.4 Å². The zero-order valence-corrected chi connectivity index (χ0v) is 20.0. The van der Waals surface area contributed by atoms with Crippen LogP contribution in [0.3, 0.4) is 0 Å². The molecule has 5 atom stereocenters. The summed E-state index contributed by atoms with van der Waals surface area (Å²) in [6.45, 7) is 14.5. The summed E-state index contributed by atoms with van der Waals surface area (Å²) in [7, 11) is 0. The molecule has 0 saturated carbocycles. The Bertz CT molecular complexity index is 902. The predicted octanol–water partition coefficient (Wildman–Crippen LogP) is 5.49. The molecule has 174 valence electrons. The minimum absolute atomic E-state index is 0.0830. The van der Waals surface area contributed by atoms with Crippen LogP contribution >= 0.6 is 0 Å². The molecule has 0 amide bonds. The van der Waals surface area contributed by atoms with Crippen molar-refractivity contribution in [3.05, 3.63) is 59.2 Å². The van der Waals surface area contributed by atoms with E-state index in [1.807, 2.05) is 51.1 Å². The highest BCUT2D eigenvalue weighted by Gasteiger charge is 2.66. The highest BCUT2D eigenvalue weighted by molar-refractivity contribution is 5.88. The van der Waals surface area contributed by atoms with E-state index in [0.717, 1.165) is 30.4 Å². The monoisotopic (exact) mass is 440 g/mol. The van der Waals surface area contributed by atoms with Crippen LogP contribution in [0.2, 0.25) is 0 Å². The Kier molecular flexibility index (Phi) is 6.47. The van der Waals surface area contributed by atoms with Gasteiger partial charge in [-0.25, -0.2) is 0 Å². The maximum absolute atomic E-state index is 13.9. The summed E-state index contributed by atoms with van der Waals surface area (Å²) in [6.07, 6.45) is 1.12. The van der Waals surface area contributed by atoms with Crippen LogP contribution < -0.4 is 0 Å². The minimum Gasteiger partial charge on any atom is -0.364 e. The number of hydrogen-bond acceptors (Lipinski definition) is 5. The van der Waals surface area contributed by atoms with Crippen LogP contribution in [0.15, 0.2) is 53.6 Å². The number of benzene rings is 1. The van der Waals surface area contributed by atoms with Gasteiger partial charge in [0.2, 0.25) is 0 Å². The van der Waals surface area contributed by atoms with Crippen molar-refractivity contribution in [2.45, 2.75) is 96.8 Å². The van der Waals surface area contributed by atoms with Gasteiger partial charge in [0, 0.05) is 12.3 Å². The molecule has 2 heterocycles. The number of hydrogen-bond donors (Lipinski definition) is 0. The fourth-order valence-electron chi connectivity index (χ4n) is 5.24. The van der Waals surface area contributed by atoms with E-state index in [0.29, 0.717) is 13.0 Å². The summed E-state index contributed by atoms with van der Waals surface area (Å²) < 4.78 is 25.3. The Balaban J connectivity index is 1.68. The quantitative estimate of drug-likeness (QED) is 0.525. The molecule has 32 heavy (non-hydrogen) atoms. The lowest BCUT2D eigenvalue weighted by atomic mass is 9.76. The fraction of sp³-hybridized carbons (Fsp3) is 0.593. The van der Waals surface area contributed by atoms with Crippen molar-refractivity contribution < 1.29 is 23.7 Å². The van der Waals surface area contributed by atoms with Gasteiger partial charge in [-0.05, 0) is 59.4 Å². The second-order valence-corrected chi connectivity index (χ2v) is 10.2. The van der Waals surface area contributed by atoms with E-state index in [9.17, 15) is 4.79 Å². The van der Waals surface area contributed by atoms with Gasteiger partial charge >= 0.3 is 0 Å². The molecule has 0 N–H and O–H groups in total. The molecule has 2 fully saturated rings. The predicted molar refractivity (Wildman–Crippen MR) is 123 cm³/mol. The first-order valence-electron chi connectivity index (χ1n) is 11.6. The number of ketones is 1. The molecule has 5 nitrogen and oxygen atoms in total. The summed E-state index contributed by atoms with van der Waals surface area (Å²) in [5.41, 5.74) is 3.66. The molecule has 3 aliphatic rings. The molecule has 0 unspecified atom stereocenters. The van der Waals surface area contributed by atoms with E-state index in [1.54, 1.807) is 0 Å². The number of carbonyl (C=O) groups is 1. The molecule has 1 aromatic carbocycles. The van der Waals surface area contributed by atoms with E-state index >= 15 is 0 Å². The van der Waals surface area contributed by atoms with Crippen LogP contribution in [-0.4, -0.2) is 35.7 Å². The van der Waals surface area contributed by atoms with Gasteiger partial charge in [-0.1, -0.05) is 47.1 Å². The molecule has 1 aromatic rings. The van der Waals surface area contributed by atoms with Gasteiger partial charge in [0.1, 0.15) is 11.7 Å². The number of fused-ring (bicyclic) bond motifs is 1. The Labute approximate surface area is 191 Å². The second kappa shape index (κ2) is 8.86. The van der Waals surface area contributed by atoms with E-state index < -0.39 is 29.9 Å². The van der Waals surface area contributed by atoms with Crippen LogP contribution in [0.5, 0.6) is 0 Å². The van der Waals surface area contributed by atoms with Gasteiger partial charge < -0.3 is 18.9 Å². The third-order valence-electron chi connectivity index (χ3n) is 6.99. The molecular formula is C27H36O5. The largest absolute Gasteiger partial charge is 0.364 e. The summed E-state index contributed by atoms with van der Waals surface area (Å²) in [6, 6.07) is 9.99. The highest BCUT2D eigenvalue weighted by Crippen LogP contribution is 2.49. The molecule has 2 aliphatic heterocycles. The fourth-order valence-corrected chi connectivity index (χ4v) is 5.24. The van der Waals surface area contributed by atoms with Crippen molar-refractivity contribution in [1.82, 2.24) is 0 Å². The van der Waals surface area contributed by atoms with Gasteiger partial charge in [0.15, 0.2) is 24.0 Å². The van der Waals surface area contributed by atoms with Crippen molar-refractivity contribution in [2.75, 3.05) is 0 Å². The average Bonchev–Trinajstić information content (AvgIpc) is 3.19. The van der Waals surface area contributed by atoms with Crippen molar-refractivity contribution in [3.63, 3.8) is 0 Å². The van der Waals surface area contributed by atoms with Crippen LogP contribution in [-0.2, 0) is 30.3 Å². The third-order valence-corrected chi connectivity index (χ3v) is 6.99. The minimum atomic E-state index is -0.985. The normalized spacial score (nSPS) is 33.9. The van der Waals surface area contributed by atoms with Crippen LogP contribution in [0, 0.1) is 5.92 Å². The first kappa shape index (κ1) is 23.4. The second-order valence-electron chi connectivity index (χ2n) is 10.2. The van der Waals surface area contributed by atoms with Gasteiger partial charge in [-0.15, -0.1) is 6.58 Å². The SMILES string of the molecule is C=C(C)C[C@@]1(OCc2ccccc2)[C@@H](C(=O)[C@@H]2CCC(C)=C(C)C2)O[C@@H]2OC(C)(C)O[C@@H]21. The summed E-state index contributed by atoms with van der Waals surface area (Å²) in [5.74, 6) is -0.799. The molecule has 0 spiro atoms. The van der Waals surface area contributed by atoms with Crippen molar-refractivity contribution in [3.8, 4) is 0 Å². The Hall–Kier alpha value is -1.79. The number of carbonyl (C=O) groups excluding carboxylic acids is 1. The molecular weight excluding hydrogens is 404 g/mol. The zero-order chi connectivity index (χ0) is 23.1. The molecule has 2 saturated heterocycles. The Morgan fingerprint density at radius 1 is 1.16 bits per heavy atom. The van der Waals surface area contributed by atoms with Crippen molar-refractivity contribution in [1.29, 1.82) is 0 Å². The number of Topliss-reactive ketones (excluding diaryl/α,β-unsaturated/α-hetero) is 1. The molecule has 0 bridgehead atoms. The van der Waals surface area contributed by atoms with Gasteiger partial charge in [0.25, 0.3) is 0 Å². The maximum atomic E-state index is 13.9. The number of ether oxygens (including phenoxy) is 4. The Morgan fingerprint density at radius 3 is 2.53 bits per heavy atom. The van der Waals surface area contributed by atoms with Crippen LogP contribution in [0.4, 0.5) is 0 Å². The summed E-state index contributed by atoms with van der Waals surface area (Å²) in [4.78, 5) is 13.9. The lowest BCUT2D eigenvalue weighted by Gasteiger charge is -2.39.